The summed E-state index contributed by atoms with van der Waals surface area (Å²) in [4.78, 5) is 23.3. The van der Waals surface area contributed by atoms with Crippen LogP contribution in [-0.2, 0) is 33.6 Å². The molecule has 1 saturated heterocycles. The van der Waals surface area contributed by atoms with Crippen LogP contribution in [0.3, 0.4) is 0 Å². The molecule has 0 spiro atoms. The third kappa shape index (κ3) is 12.2. The molecule has 0 bridgehead atoms. The van der Waals surface area contributed by atoms with E-state index in [9.17, 15) is 18.0 Å². The van der Waals surface area contributed by atoms with Crippen molar-refractivity contribution in [3.8, 4) is 0 Å². The van der Waals surface area contributed by atoms with Gasteiger partial charge in [-0.15, -0.1) is 35.3 Å². The molecule has 0 aromatic heterocycles. The van der Waals surface area contributed by atoms with E-state index in [-0.39, 0.29) is 33.6 Å². The van der Waals surface area contributed by atoms with Crippen LogP contribution in [0.2, 0.25) is 0 Å². The molecule has 2 atom stereocenters. The number of ether oxygens (including phenoxy) is 2. The molecule has 29 heavy (non-hydrogen) atoms. The highest BCUT2D eigenvalue weighted by atomic mass is 32.3. The van der Waals surface area contributed by atoms with E-state index in [0.717, 1.165) is 0 Å². The SMILES string of the molecule is C=C(C)C(=O)OCC1SC(COC(=O)C(=C)C)SC(CSCCOS(=O)(=O)O)S1. The van der Waals surface area contributed by atoms with Crippen LogP contribution in [0.5, 0.6) is 0 Å². The fourth-order valence-electron chi connectivity index (χ4n) is 1.75. The number of carbonyl (C=O) groups excluding carboxylic acids is 2. The maximum Gasteiger partial charge on any atom is 0.397 e. The Kier molecular flexibility index (Phi) is 12.1. The fourth-order valence-corrected chi connectivity index (χ4v) is 9.34. The van der Waals surface area contributed by atoms with Crippen molar-refractivity contribution in [2.45, 2.75) is 27.6 Å². The molecule has 2 unspecified atom stereocenters. The van der Waals surface area contributed by atoms with E-state index >= 15 is 0 Å². The molecule has 0 aliphatic carbocycles. The molecule has 1 N–H and O–H groups in total. The van der Waals surface area contributed by atoms with E-state index in [1.54, 1.807) is 49.1 Å². The Morgan fingerprint density at radius 1 is 0.966 bits per heavy atom. The first-order valence-electron chi connectivity index (χ1n) is 8.29. The Hall–Kier alpha value is -0.310. The molecule has 166 valence electrons. The Morgan fingerprint density at radius 3 is 1.83 bits per heavy atom. The van der Waals surface area contributed by atoms with Crippen LogP contribution in [0.1, 0.15) is 13.8 Å². The highest BCUT2D eigenvalue weighted by Crippen LogP contribution is 2.48. The van der Waals surface area contributed by atoms with Crippen molar-refractivity contribution in [2.75, 3.05) is 31.3 Å². The first-order valence-corrected chi connectivity index (χ1v) is 13.6. The molecule has 8 nitrogen and oxygen atoms in total. The van der Waals surface area contributed by atoms with Gasteiger partial charge in [0, 0.05) is 22.7 Å². The summed E-state index contributed by atoms with van der Waals surface area (Å²) < 4.78 is 44.5. The molecule has 1 fully saturated rings. The standard InChI is InChI=1S/C16H24O8S5/c1-10(2)15(17)22-7-12-26-13(8-23-16(18)11(3)4)28-14(27-12)9-25-6-5-24-29(19,20)21/h12-14H,1,3,5-9H2,2,4H3,(H,19,20,21). The van der Waals surface area contributed by atoms with Crippen molar-refractivity contribution < 1.29 is 36.2 Å². The molecule has 1 aliphatic rings. The van der Waals surface area contributed by atoms with Crippen molar-refractivity contribution >= 4 is 69.4 Å². The Morgan fingerprint density at radius 2 is 1.41 bits per heavy atom. The lowest BCUT2D eigenvalue weighted by Gasteiger charge is -2.33. The van der Waals surface area contributed by atoms with Gasteiger partial charge >= 0.3 is 22.3 Å². The number of esters is 2. The van der Waals surface area contributed by atoms with Crippen molar-refractivity contribution in [3.63, 3.8) is 0 Å². The predicted molar refractivity (Wildman–Crippen MR) is 121 cm³/mol. The zero-order valence-corrected chi connectivity index (χ0v) is 20.1. The number of rotatable bonds is 12. The van der Waals surface area contributed by atoms with Crippen LogP contribution in [0, 0.1) is 0 Å². The minimum Gasteiger partial charge on any atom is -0.460 e. The number of carbonyl (C=O) groups is 2. The summed E-state index contributed by atoms with van der Waals surface area (Å²) in [5.74, 6) is 0.140. The van der Waals surface area contributed by atoms with Crippen molar-refractivity contribution in [2.24, 2.45) is 0 Å². The van der Waals surface area contributed by atoms with E-state index in [2.05, 4.69) is 17.3 Å². The molecule has 1 aliphatic heterocycles. The van der Waals surface area contributed by atoms with Gasteiger partial charge in [0.1, 0.15) is 13.2 Å². The Bertz CT molecular complexity index is 670. The lowest BCUT2D eigenvalue weighted by Crippen LogP contribution is -2.28. The predicted octanol–water partition coefficient (Wildman–Crippen LogP) is 2.97. The van der Waals surface area contributed by atoms with Crippen LogP contribution in [-0.4, -0.2) is 70.0 Å². The fraction of sp³-hybridized carbons (Fsp3) is 0.625. The van der Waals surface area contributed by atoms with Crippen LogP contribution in [0.4, 0.5) is 0 Å². The summed E-state index contributed by atoms with van der Waals surface area (Å²) >= 11 is 6.27. The second-order valence-electron chi connectivity index (χ2n) is 5.78. The quantitative estimate of drug-likeness (QED) is 0.182. The van der Waals surface area contributed by atoms with E-state index in [1.807, 2.05) is 0 Å². The van der Waals surface area contributed by atoms with Gasteiger partial charge in [0.15, 0.2) is 0 Å². The van der Waals surface area contributed by atoms with Gasteiger partial charge in [0.2, 0.25) is 0 Å². The number of thioether (sulfide) groups is 4. The number of hydrogen-bond donors (Lipinski definition) is 1. The highest BCUT2D eigenvalue weighted by molar-refractivity contribution is 8.34. The summed E-state index contributed by atoms with van der Waals surface area (Å²) in [6.45, 7) is 10.5. The van der Waals surface area contributed by atoms with Gasteiger partial charge in [-0.05, 0) is 13.8 Å². The van der Waals surface area contributed by atoms with Crippen LogP contribution >= 0.6 is 47.0 Å². The smallest absolute Gasteiger partial charge is 0.397 e. The van der Waals surface area contributed by atoms with E-state index in [1.165, 1.54) is 11.8 Å². The van der Waals surface area contributed by atoms with Gasteiger partial charge in [-0.2, -0.15) is 20.2 Å². The summed E-state index contributed by atoms with van der Waals surface area (Å²) in [6, 6.07) is 0. The van der Waals surface area contributed by atoms with Gasteiger partial charge in [-0.1, -0.05) is 13.2 Å². The maximum atomic E-state index is 11.7. The first-order chi connectivity index (χ1) is 13.5. The van der Waals surface area contributed by atoms with Crippen LogP contribution in [0.25, 0.3) is 0 Å². The molecule has 1 heterocycles. The van der Waals surface area contributed by atoms with Gasteiger partial charge in [0.25, 0.3) is 0 Å². The van der Waals surface area contributed by atoms with Crippen LogP contribution < -0.4 is 0 Å². The summed E-state index contributed by atoms with van der Waals surface area (Å²) in [5, 5.41) is 0. The van der Waals surface area contributed by atoms with Crippen LogP contribution in [0.15, 0.2) is 24.3 Å². The van der Waals surface area contributed by atoms with E-state index < -0.39 is 22.3 Å². The lowest BCUT2D eigenvalue weighted by molar-refractivity contribution is -0.139. The summed E-state index contributed by atoms with van der Waals surface area (Å²) in [7, 11) is -4.43. The molecular weight excluding hydrogens is 481 g/mol. The molecular formula is C16H24O8S5. The third-order valence-electron chi connectivity index (χ3n) is 3.02. The Labute approximate surface area is 188 Å². The second-order valence-corrected chi connectivity index (χ2v) is 13.1. The van der Waals surface area contributed by atoms with Gasteiger partial charge in [-0.3, -0.25) is 4.55 Å². The first kappa shape index (κ1) is 26.7. The molecule has 0 amide bonds. The highest BCUT2D eigenvalue weighted by Gasteiger charge is 2.32. The average molecular weight is 505 g/mol. The monoisotopic (exact) mass is 504 g/mol. The number of hydrogen-bond acceptors (Lipinski definition) is 11. The normalized spacial score (nSPS) is 22.0. The van der Waals surface area contributed by atoms with Crippen molar-refractivity contribution in [1.29, 1.82) is 0 Å². The zero-order valence-electron chi connectivity index (χ0n) is 16.0. The molecule has 0 saturated carbocycles. The molecule has 0 aromatic carbocycles. The third-order valence-corrected chi connectivity index (χ3v) is 9.63. The zero-order chi connectivity index (χ0) is 22.0. The van der Waals surface area contributed by atoms with E-state index in [4.69, 9.17) is 14.0 Å². The topological polar surface area (TPSA) is 116 Å². The molecule has 13 heteroatoms. The van der Waals surface area contributed by atoms with Gasteiger partial charge in [0.05, 0.1) is 20.4 Å². The lowest BCUT2D eigenvalue weighted by atomic mass is 10.4. The van der Waals surface area contributed by atoms with Crippen molar-refractivity contribution in [1.82, 2.24) is 0 Å². The van der Waals surface area contributed by atoms with Gasteiger partial charge in [-0.25, -0.2) is 13.8 Å². The molecule has 0 aromatic rings. The van der Waals surface area contributed by atoms with Gasteiger partial charge < -0.3 is 9.47 Å². The average Bonchev–Trinajstić information content (AvgIpc) is 2.62. The molecule has 0 radical (unpaired) electrons. The minimum absolute atomic E-state index is 0.0484. The molecule has 1 rings (SSSR count). The van der Waals surface area contributed by atoms with E-state index in [0.29, 0.717) is 22.7 Å². The summed E-state index contributed by atoms with van der Waals surface area (Å²) in [6.07, 6.45) is 0. The second kappa shape index (κ2) is 13.2. The Balaban J connectivity index is 2.56. The minimum atomic E-state index is -4.43. The summed E-state index contributed by atoms with van der Waals surface area (Å²) in [5.41, 5.74) is 0.645. The largest absolute Gasteiger partial charge is 0.460 e. The maximum absolute atomic E-state index is 11.7. The van der Waals surface area contributed by atoms with Crippen molar-refractivity contribution in [3.05, 3.63) is 24.3 Å².